The van der Waals surface area contributed by atoms with E-state index < -0.39 is 0 Å². The summed E-state index contributed by atoms with van der Waals surface area (Å²) in [4.78, 5) is 7.05. The summed E-state index contributed by atoms with van der Waals surface area (Å²) in [5.41, 5.74) is 1.18. The molecule has 0 spiro atoms. The molecule has 1 aromatic rings. The summed E-state index contributed by atoms with van der Waals surface area (Å²) < 4.78 is 10.5. The van der Waals surface area contributed by atoms with Gasteiger partial charge >= 0.3 is 0 Å². The normalized spacial score (nSPS) is 22.7. The molecular weight excluding hydrogens is 228 g/mol. The van der Waals surface area contributed by atoms with Gasteiger partial charge in [0.15, 0.2) is 0 Å². The minimum atomic E-state index is 0.581. The van der Waals surface area contributed by atoms with Gasteiger partial charge in [0.05, 0.1) is 26.4 Å². The lowest BCUT2D eigenvalue weighted by Gasteiger charge is -2.41. The number of piperidine rings is 1. The van der Waals surface area contributed by atoms with Crippen molar-refractivity contribution in [3.8, 4) is 5.75 Å². The van der Waals surface area contributed by atoms with Gasteiger partial charge in [-0.15, -0.1) is 0 Å². The topological polar surface area (TPSA) is 34.6 Å². The van der Waals surface area contributed by atoms with E-state index in [1.165, 1.54) is 18.5 Å². The fourth-order valence-electron chi connectivity index (χ4n) is 2.77. The largest absolute Gasteiger partial charge is 0.497 e. The fourth-order valence-corrected chi connectivity index (χ4v) is 2.77. The molecule has 2 aliphatic heterocycles. The molecule has 98 valence electrons. The smallest absolute Gasteiger partial charge is 0.122 e. The van der Waals surface area contributed by atoms with Crippen LogP contribution in [0.5, 0.6) is 5.75 Å². The number of hydrogen-bond donors (Lipinski definition) is 0. The number of methoxy groups -OCH3 is 1. The second-order valence-corrected chi connectivity index (χ2v) is 5.12. The first-order valence-electron chi connectivity index (χ1n) is 6.68. The second-order valence-electron chi connectivity index (χ2n) is 5.12. The SMILES string of the molecule is COc1ccnc(C2CCN(C3COC3)CC2)c1. The van der Waals surface area contributed by atoms with Crippen LogP contribution in [-0.2, 0) is 4.74 Å². The molecular formula is C14H20N2O2. The van der Waals surface area contributed by atoms with E-state index in [-0.39, 0.29) is 0 Å². The monoisotopic (exact) mass is 248 g/mol. The van der Waals surface area contributed by atoms with Gasteiger partial charge < -0.3 is 9.47 Å². The lowest BCUT2D eigenvalue weighted by molar-refractivity contribution is -0.0713. The standard InChI is InChI=1S/C14H20N2O2/c1-17-13-2-5-15-14(8-13)11-3-6-16(7-4-11)12-9-18-10-12/h2,5,8,11-12H,3-4,6-7,9-10H2,1H3. The van der Waals surface area contributed by atoms with Crippen LogP contribution in [0.3, 0.4) is 0 Å². The van der Waals surface area contributed by atoms with Crippen LogP contribution in [0.15, 0.2) is 18.3 Å². The maximum atomic E-state index is 5.26. The molecule has 0 radical (unpaired) electrons. The molecule has 0 N–H and O–H groups in total. The quantitative estimate of drug-likeness (QED) is 0.815. The number of pyridine rings is 1. The Morgan fingerprint density at radius 1 is 1.33 bits per heavy atom. The van der Waals surface area contributed by atoms with Gasteiger partial charge in [-0.3, -0.25) is 9.88 Å². The lowest BCUT2D eigenvalue weighted by atomic mass is 9.92. The molecule has 3 heterocycles. The Balaban J connectivity index is 1.60. The zero-order valence-corrected chi connectivity index (χ0v) is 10.8. The van der Waals surface area contributed by atoms with Crippen molar-refractivity contribution in [1.29, 1.82) is 0 Å². The first kappa shape index (κ1) is 11.9. The van der Waals surface area contributed by atoms with Crippen LogP contribution in [0, 0.1) is 0 Å². The first-order valence-corrected chi connectivity index (χ1v) is 6.68. The summed E-state index contributed by atoms with van der Waals surface area (Å²) in [5, 5.41) is 0. The Bertz CT molecular complexity index is 399. The van der Waals surface area contributed by atoms with E-state index in [0.717, 1.165) is 32.1 Å². The number of likely N-dealkylation sites (tertiary alicyclic amines) is 1. The third kappa shape index (κ3) is 2.35. The van der Waals surface area contributed by atoms with Crippen LogP contribution in [0.1, 0.15) is 24.5 Å². The van der Waals surface area contributed by atoms with Crippen LogP contribution in [-0.4, -0.2) is 49.3 Å². The molecule has 2 aliphatic rings. The van der Waals surface area contributed by atoms with Crippen LogP contribution < -0.4 is 4.74 Å². The fraction of sp³-hybridized carbons (Fsp3) is 0.643. The molecule has 2 saturated heterocycles. The van der Waals surface area contributed by atoms with Crippen molar-refractivity contribution in [1.82, 2.24) is 9.88 Å². The molecule has 0 aromatic carbocycles. The van der Waals surface area contributed by atoms with Crippen molar-refractivity contribution >= 4 is 0 Å². The molecule has 0 unspecified atom stereocenters. The van der Waals surface area contributed by atoms with Gasteiger partial charge in [-0.05, 0) is 32.0 Å². The molecule has 1 aromatic heterocycles. The third-order valence-electron chi connectivity index (χ3n) is 4.07. The average molecular weight is 248 g/mol. The van der Waals surface area contributed by atoms with E-state index in [0.29, 0.717) is 12.0 Å². The summed E-state index contributed by atoms with van der Waals surface area (Å²) in [6.45, 7) is 4.17. The zero-order chi connectivity index (χ0) is 12.4. The highest BCUT2D eigenvalue weighted by Crippen LogP contribution is 2.30. The summed E-state index contributed by atoms with van der Waals surface area (Å²) >= 11 is 0. The molecule has 0 aliphatic carbocycles. The minimum Gasteiger partial charge on any atom is -0.497 e. The van der Waals surface area contributed by atoms with E-state index in [1.54, 1.807) is 7.11 Å². The van der Waals surface area contributed by atoms with E-state index >= 15 is 0 Å². The highest BCUT2D eigenvalue weighted by molar-refractivity contribution is 5.25. The molecule has 0 amide bonds. The second kappa shape index (κ2) is 5.24. The van der Waals surface area contributed by atoms with Crippen LogP contribution in [0.4, 0.5) is 0 Å². The summed E-state index contributed by atoms with van der Waals surface area (Å²) in [7, 11) is 1.71. The molecule has 0 saturated carbocycles. The Labute approximate surface area is 108 Å². The van der Waals surface area contributed by atoms with Crippen molar-refractivity contribution in [3.63, 3.8) is 0 Å². The minimum absolute atomic E-state index is 0.581. The maximum absolute atomic E-state index is 5.26. The number of nitrogens with zero attached hydrogens (tertiary/aromatic N) is 2. The highest BCUT2D eigenvalue weighted by atomic mass is 16.5. The first-order chi connectivity index (χ1) is 8.86. The highest BCUT2D eigenvalue weighted by Gasteiger charge is 2.30. The molecule has 4 nitrogen and oxygen atoms in total. The predicted molar refractivity (Wildman–Crippen MR) is 68.9 cm³/mol. The predicted octanol–water partition coefficient (Wildman–Crippen LogP) is 1.67. The van der Waals surface area contributed by atoms with Crippen LogP contribution >= 0.6 is 0 Å². The van der Waals surface area contributed by atoms with Crippen LogP contribution in [0.2, 0.25) is 0 Å². The van der Waals surface area contributed by atoms with E-state index in [4.69, 9.17) is 9.47 Å². The van der Waals surface area contributed by atoms with Gasteiger partial charge in [0, 0.05) is 23.9 Å². The Kier molecular flexibility index (Phi) is 3.48. The van der Waals surface area contributed by atoms with Crippen molar-refractivity contribution in [2.45, 2.75) is 24.8 Å². The molecule has 2 fully saturated rings. The number of aromatic nitrogens is 1. The average Bonchev–Trinajstić information content (AvgIpc) is 2.38. The Morgan fingerprint density at radius 3 is 2.72 bits per heavy atom. The molecule has 4 heteroatoms. The molecule has 3 rings (SSSR count). The van der Waals surface area contributed by atoms with Gasteiger partial charge in [-0.2, -0.15) is 0 Å². The van der Waals surface area contributed by atoms with Crippen molar-refractivity contribution in [2.75, 3.05) is 33.4 Å². The third-order valence-corrected chi connectivity index (χ3v) is 4.07. The van der Waals surface area contributed by atoms with Crippen molar-refractivity contribution in [2.24, 2.45) is 0 Å². The van der Waals surface area contributed by atoms with Crippen molar-refractivity contribution < 1.29 is 9.47 Å². The number of ether oxygens (including phenoxy) is 2. The number of hydrogen-bond acceptors (Lipinski definition) is 4. The molecule has 18 heavy (non-hydrogen) atoms. The van der Waals surface area contributed by atoms with E-state index in [2.05, 4.69) is 16.0 Å². The molecule has 0 bridgehead atoms. The van der Waals surface area contributed by atoms with Gasteiger partial charge in [0.1, 0.15) is 5.75 Å². The van der Waals surface area contributed by atoms with E-state index in [9.17, 15) is 0 Å². The van der Waals surface area contributed by atoms with Crippen molar-refractivity contribution in [3.05, 3.63) is 24.0 Å². The van der Waals surface area contributed by atoms with Gasteiger partial charge in [-0.25, -0.2) is 0 Å². The summed E-state index contributed by atoms with van der Waals surface area (Å²) in [5.74, 6) is 1.49. The lowest BCUT2D eigenvalue weighted by Crippen LogP contribution is -2.51. The Morgan fingerprint density at radius 2 is 2.11 bits per heavy atom. The maximum Gasteiger partial charge on any atom is 0.122 e. The van der Waals surface area contributed by atoms with Gasteiger partial charge in [0.25, 0.3) is 0 Å². The summed E-state index contributed by atoms with van der Waals surface area (Å²) in [6.07, 6.45) is 4.23. The number of rotatable bonds is 3. The van der Waals surface area contributed by atoms with Gasteiger partial charge in [-0.1, -0.05) is 0 Å². The summed E-state index contributed by atoms with van der Waals surface area (Å²) in [6, 6.07) is 4.65. The molecule has 0 atom stereocenters. The van der Waals surface area contributed by atoms with Gasteiger partial charge in [0.2, 0.25) is 0 Å². The zero-order valence-electron chi connectivity index (χ0n) is 10.8. The Hall–Kier alpha value is -1.13. The van der Waals surface area contributed by atoms with Crippen LogP contribution in [0.25, 0.3) is 0 Å². The van der Waals surface area contributed by atoms with E-state index in [1.807, 2.05) is 12.3 Å².